The van der Waals surface area contributed by atoms with E-state index in [1.807, 2.05) is 6.07 Å². The minimum absolute atomic E-state index is 0.348. The van der Waals surface area contributed by atoms with E-state index >= 15 is 0 Å². The topological polar surface area (TPSA) is 59.1 Å². The molecule has 2 fully saturated rings. The lowest BCUT2D eigenvalue weighted by Crippen LogP contribution is -2.23. The summed E-state index contributed by atoms with van der Waals surface area (Å²) >= 11 is 0. The molecular formula is C13H20N4O. The third kappa shape index (κ3) is 2.90. The van der Waals surface area contributed by atoms with Crippen LogP contribution in [0.1, 0.15) is 32.1 Å². The molecule has 3 rings (SSSR count). The second-order valence-corrected chi connectivity index (χ2v) is 5.08. The molecule has 1 aromatic heterocycles. The number of hydrogen-bond acceptors (Lipinski definition) is 5. The van der Waals surface area contributed by atoms with Crippen molar-refractivity contribution in [1.82, 2.24) is 15.3 Å². The summed E-state index contributed by atoms with van der Waals surface area (Å²) in [6, 6.07) is 2.28. The van der Waals surface area contributed by atoms with Crippen molar-refractivity contribution in [3.8, 4) is 5.88 Å². The molecule has 0 spiro atoms. The van der Waals surface area contributed by atoms with Crippen LogP contribution in [-0.4, -0.2) is 35.2 Å². The molecule has 18 heavy (non-hydrogen) atoms. The van der Waals surface area contributed by atoms with Crippen molar-refractivity contribution in [3.63, 3.8) is 0 Å². The molecular weight excluding hydrogens is 228 g/mol. The quantitative estimate of drug-likeness (QED) is 0.847. The van der Waals surface area contributed by atoms with Crippen LogP contribution in [0.4, 0.5) is 5.95 Å². The van der Waals surface area contributed by atoms with E-state index in [0.717, 1.165) is 32.4 Å². The Kier molecular flexibility index (Phi) is 3.59. The summed E-state index contributed by atoms with van der Waals surface area (Å²) in [6.45, 7) is 2.05. The summed E-state index contributed by atoms with van der Waals surface area (Å²) in [5, 5.41) is 6.66. The van der Waals surface area contributed by atoms with Gasteiger partial charge in [-0.15, -0.1) is 0 Å². The largest absolute Gasteiger partial charge is 0.474 e. The van der Waals surface area contributed by atoms with Crippen molar-refractivity contribution in [3.05, 3.63) is 12.3 Å². The fourth-order valence-electron chi connectivity index (χ4n) is 2.61. The average molecular weight is 248 g/mol. The maximum atomic E-state index is 5.87. The first kappa shape index (κ1) is 11.7. The second kappa shape index (κ2) is 5.52. The van der Waals surface area contributed by atoms with E-state index in [2.05, 4.69) is 20.6 Å². The highest BCUT2D eigenvalue weighted by Crippen LogP contribution is 2.23. The van der Waals surface area contributed by atoms with Gasteiger partial charge in [0.25, 0.3) is 0 Å². The van der Waals surface area contributed by atoms with E-state index in [-0.39, 0.29) is 0 Å². The lowest BCUT2D eigenvalue weighted by Gasteiger charge is -2.14. The molecule has 0 amide bonds. The van der Waals surface area contributed by atoms with E-state index in [1.54, 1.807) is 6.20 Å². The zero-order valence-electron chi connectivity index (χ0n) is 10.6. The molecule has 0 unspecified atom stereocenters. The Hall–Kier alpha value is -1.36. The smallest absolute Gasteiger partial charge is 0.226 e. The van der Waals surface area contributed by atoms with Gasteiger partial charge in [-0.3, -0.25) is 0 Å². The predicted octanol–water partition coefficient (Wildman–Crippen LogP) is 1.57. The zero-order valence-corrected chi connectivity index (χ0v) is 10.6. The Bertz CT molecular complexity index is 353. The lowest BCUT2D eigenvalue weighted by molar-refractivity contribution is 0.201. The minimum atomic E-state index is 0.348. The van der Waals surface area contributed by atoms with Gasteiger partial charge < -0.3 is 15.4 Å². The number of hydrogen-bond donors (Lipinski definition) is 2. The summed E-state index contributed by atoms with van der Waals surface area (Å²) in [4.78, 5) is 8.67. The van der Waals surface area contributed by atoms with Crippen molar-refractivity contribution < 1.29 is 4.74 Å². The van der Waals surface area contributed by atoms with Gasteiger partial charge in [-0.25, -0.2) is 4.98 Å². The maximum absolute atomic E-state index is 5.87. The zero-order chi connectivity index (χ0) is 12.2. The number of ether oxygens (including phenoxy) is 1. The van der Waals surface area contributed by atoms with Crippen LogP contribution >= 0.6 is 0 Å². The maximum Gasteiger partial charge on any atom is 0.226 e. The molecule has 2 aliphatic rings. The summed E-state index contributed by atoms with van der Waals surface area (Å²) in [6.07, 6.45) is 8.09. The monoisotopic (exact) mass is 248 g/mol. The van der Waals surface area contributed by atoms with E-state index in [0.29, 0.717) is 24.0 Å². The minimum Gasteiger partial charge on any atom is -0.474 e. The fourth-order valence-corrected chi connectivity index (χ4v) is 2.61. The SMILES string of the molecule is c1cc(OC2CCCC2)nc(N[C@@H]2CCNC2)n1. The summed E-state index contributed by atoms with van der Waals surface area (Å²) in [5.74, 6) is 1.38. The molecule has 5 nitrogen and oxygen atoms in total. The molecule has 1 atom stereocenters. The van der Waals surface area contributed by atoms with E-state index in [4.69, 9.17) is 4.74 Å². The molecule has 1 aliphatic carbocycles. The Morgan fingerprint density at radius 2 is 2.17 bits per heavy atom. The van der Waals surface area contributed by atoms with Gasteiger partial charge in [0.2, 0.25) is 11.8 Å². The molecule has 1 aromatic rings. The van der Waals surface area contributed by atoms with E-state index in [1.165, 1.54) is 12.8 Å². The van der Waals surface area contributed by atoms with Gasteiger partial charge >= 0.3 is 0 Å². The van der Waals surface area contributed by atoms with Crippen molar-refractivity contribution in [2.75, 3.05) is 18.4 Å². The second-order valence-electron chi connectivity index (χ2n) is 5.08. The molecule has 2 heterocycles. The number of nitrogens with zero attached hydrogens (tertiary/aromatic N) is 2. The normalized spacial score (nSPS) is 24.3. The van der Waals surface area contributed by atoms with Gasteiger partial charge in [-0.05, 0) is 38.6 Å². The predicted molar refractivity (Wildman–Crippen MR) is 69.8 cm³/mol. The molecule has 0 radical (unpaired) electrons. The number of aromatic nitrogens is 2. The first-order valence-corrected chi connectivity index (χ1v) is 6.87. The molecule has 1 saturated heterocycles. The van der Waals surface area contributed by atoms with Crippen molar-refractivity contribution >= 4 is 5.95 Å². The molecule has 5 heteroatoms. The first-order valence-electron chi connectivity index (χ1n) is 6.87. The van der Waals surface area contributed by atoms with Crippen molar-refractivity contribution in [1.29, 1.82) is 0 Å². The van der Waals surface area contributed by atoms with Crippen molar-refractivity contribution in [2.24, 2.45) is 0 Å². The van der Waals surface area contributed by atoms with Crippen LogP contribution in [0.2, 0.25) is 0 Å². The van der Waals surface area contributed by atoms with E-state index < -0.39 is 0 Å². The summed E-state index contributed by atoms with van der Waals surface area (Å²) in [7, 11) is 0. The number of nitrogens with one attached hydrogen (secondary N) is 2. The van der Waals surface area contributed by atoms with Crippen LogP contribution in [0, 0.1) is 0 Å². The number of rotatable bonds is 4. The van der Waals surface area contributed by atoms with Crippen LogP contribution in [0.5, 0.6) is 5.88 Å². The van der Waals surface area contributed by atoms with Crippen LogP contribution in [0.25, 0.3) is 0 Å². The fraction of sp³-hybridized carbons (Fsp3) is 0.692. The van der Waals surface area contributed by atoms with Gasteiger partial charge in [0, 0.05) is 24.8 Å². The molecule has 2 N–H and O–H groups in total. The Morgan fingerprint density at radius 1 is 1.28 bits per heavy atom. The lowest BCUT2D eigenvalue weighted by atomic mass is 10.3. The van der Waals surface area contributed by atoms with E-state index in [9.17, 15) is 0 Å². The summed E-state index contributed by atoms with van der Waals surface area (Å²) in [5.41, 5.74) is 0. The highest BCUT2D eigenvalue weighted by Gasteiger charge is 2.18. The summed E-state index contributed by atoms with van der Waals surface area (Å²) < 4.78 is 5.87. The molecule has 1 aliphatic heterocycles. The molecule has 0 bridgehead atoms. The molecule has 98 valence electrons. The number of anilines is 1. The van der Waals surface area contributed by atoms with Gasteiger partial charge in [-0.2, -0.15) is 4.98 Å². The highest BCUT2D eigenvalue weighted by molar-refractivity contribution is 5.29. The van der Waals surface area contributed by atoms with Crippen LogP contribution in [0.15, 0.2) is 12.3 Å². The van der Waals surface area contributed by atoms with Gasteiger partial charge in [-0.1, -0.05) is 0 Å². The first-order chi connectivity index (χ1) is 8.90. The Morgan fingerprint density at radius 3 is 2.94 bits per heavy atom. The Labute approximate surface area is 107 Å². The van der Waals surface area contributed by atoms with Crippen LogP contribution in [-0.2, 0) is 0 Å². The van der Waals surface area contributed by atoms with Gasteiger partial charge in [0.05, 0.1) is 0 Å². The van der Waals surface area contributed by atoms with Gasteiger partial charge in [0.15, 0.2) is 0 Å². The van der Waals surface area contributed by atoms with Gasteiger partial charge in [0.1, 0.15) is 6.10 Å². The standard InChI is InChI=1S/C13H20N4O/c1-2-4-11(3-1)18-12-6-8-15-13(17-12)16-10-5-7-14-9-10/h6,8,10-11,14H,1-5,7,9H2,(H,15,16,17)/t10-/m1/s1. The highest BCUT2D eigenvalue weighted by atomic mass is 16.5. The van der Waals surface area contributed by atoms with Crippen LogP contribution in [0.3, 0.4) is 0 Å². The third-order valence-corrected chi connectivity index (χ3v) is 3.61. The van der Waals surface area contributed by atoms with Crippen LogP contribution < -0.4 is 15.4 Å². The average Bonchev–Trinajstić information content (AvgIpc) is 3.03. The van der Waals surface area contributed by atoms with Crippen molar-refractivity contribution in [2.45, 2.75) is 44.2 Å². The third-order valence-electron chi connectivity index (χ3n) is 3.61. The molecule has 0 aromatic carbocycles. The molecule has 1 saturated carbocycles. The Balaban J connectivity index is 1.60.